The van der Waals surface area contributed by atoms with E-state index in [1.807, 2.05) is 29.4 Å². The van der Waals surface area contributed by atoms with Crippen LogP contribution in [0.15, 0.2) is 55.1 Å². The molecule has 0 aromatic carbocycles. The Bertz CT molecular complexity index is 819. The van der Waals surface area contributed by atoms with Gasteiger partial charge in [0.1, 0.15) is 5.65 Å². The summed E-state index contributed by atoms with van der Waals surface area (Å²) in [5.74, 6) is 0.545. The smallest absolute Gasteiger partial charge is 0.255 e. The SMILES string of the molecule is O=C(c1cccnc1)N1CCC(c2cccc3nccn23)CC1. The zero-order chi connectivity index (χ0) is 15.6. The van der Waals surface area contributed by atoms with Crippen molar-refractivity contribution >= 4 is 11.6 Å². The van der Waals surface area contributed by atoms with Gasteiger partial charge in [-0.05, 0) is 37.1 Å². The first-order valence-corrected chi connectivity index (χ1v) is 7.94. The van der Waals surface area contributed by atoms with Crippen LogP contribution in [-0.2, 0) is 0 Å². The van der Waals surface area contributed by atoms with Crippen molar-refractivity contribution in [2.75, 3.05) is 13.1 Å². The molecule has 116 valence electrons. The van der Waals surface area contributed by atoms with Crippen LogP contribution in [0.1, 0.15) is 34.8 Å². The van der Waals surface area contributed by atoms with Crippen molar-refractivity contribution in [1.29, 1.82) is 0 Å². The van der Waals surface area contributed by atoms with Crippen molar-refractivity contribution < 1.29 is 4.79 Å². The molecule has 0 spiro atoms. The fraction of sp³-hybridized carbons (Fsp3) is 0.278. The van der Waals surface area contributed by atoms with Crippen LogP contribution in [0.2, 0.25) is 0 Å². The Kier molecular flexibility index (Phi) is 3.54. The Labute approximate surface area is 134 Å². The summed E-state index contributed by atoms with van der Waals surface area (Å²) in [5, 5.41) is 0. The molecule has 1 amide bonds. The van der Waals surface area contributed by atoms with E-state index in [1.165, 1.54) is 5.69 Å². The van der Waals surface area contributed by atoms with Crippen LogP contribution in [0, 0.1) is 0 Å². The quantitative estimate of drug-likeness (QED) is 0.731. The summed E-state index contributed by atoms with van der Waals surface area (Å²) < 4.78 is 2.16. The Balaban J connectivity index is 1.49. The van der Waals surface area contributed by atoms with Gasteiger partial charge in [0.15, 0.2) is 0 Å². The first kappa shape index (κ1) is 13.9. The highest BCUT2D eigenvalue weighted by Crippen LogP contribution is 2.29. The molecule has 5 nitrogen and oxygen atoms in total. The molecule has 0 radical (unpaired) electrons. The third kappa shape index (κ3) is 2.59. The van der Waals surface area contributed by atoms with E-state index in [0.29, 0.717) is 11.5 Å². The number of carbonyl (C=O) groups is 1. The lowest BCUT2D eigenvalue weighted by molar-refractivity contribution is 0.0711. The molecule has 0 atom stereocenters. The Hall–Kier alpha value is -2.69. The van der Waals surface area contributed by atoms with Gasteiger partial charge < -0.3 is 9.30 Å². The highest BCUT2D eigenvalue weighted by molar-refractivity contribution is 5.93. The monoisotopic (exact) mass is 306 g/mol. The Morgan fingerprint density at radius 2 is 1.96 bits per heavy atom. The molecule has 1 fully saturated rings. The molecule has 1 aliphatic rings. The van der Waals surface area contributed by atoms with Crippen molar-refractivity contribution in [2.24, 2.45) is 0 Å². The Morgan fingerprint density at radius 3 is 2.74 bits per heavy atom. The number of aromatic nitrogens is 3. The molecule has 0 unspecified atom stereocenters. The molecule has 3 aromatic heterocycles. The summed E-state index contributed by atoms with van der Waals surface area (Å²) in [6.07, 6.45) is 9.12. The first-order valence-electron chi connectivity index (χ1n) is 7.94. The number of nitrogens with zero attached hydrogens (tertiary/aromatic N) is 4. The number of imidazole rings is 1. The second-order valence-electron chi connectivity index (χ2n) is 5.91. The maximum absolute atomic E-state index is 12.5. The van der Waals surface area contributed by atoms with Crippen LogP contribution in [-0.4, -0.2) is 38.3 Å². The third-order valence-electron chi connectivity index (χ3n) is 4.57. The minimum Gasteiger partial charge on any atom is -0.339 e. The topological polar surface area (TPSA) is 50.5 Å². The lowest BCUT2D eigenvalue weighted by atomic mass is 9.92. The molecule has 5 heteroatoms. The summed E-state index contributed by atoms with van der Waals surface area (Å²) in [6.45, 7) is 1.56. The number of hydrogen-bond acceptors (Lipinski definition) is 3. The zero-order valence-corrected chi connectivity index (χ0v) is 12.8. The van der Waals surface area contributed by atoms with Crippen LogP contribution in [0.5, 0.6) is 0 Å². The van der Waals surface area contributed by atoms with E-state index >= 15 is 0 Å². The van der Waals surface area contributed by atoms with Gasteiger partial charge in [-0.3, -0.25) is 9.78 Å². The third-order valence-corrected chi connectivity index (χ3v) is 4.57. The van der Waals surface area contributed by atoms with E-state index in [9.17, 15) is 4.79 Å². The minimum atomic E-state index is 0.0809. The van der Waals surface area contributed by atoms with Crippen molar-refractivity contribution in [3.63, 3.8) is 0 Å². The van der Waals surface area contributed by atoms with Crippen LogP contribution in [0.25, 0.3) is 5.65 Å². The van der Waals surface area contributed by atoms with Crippen molar-refractivity contribution in [2.45, 2.75) is 18.8 Å². The standard InChI is InChI=1S/C18H18N4O/c23-18(15-3-2-8-19-13-15)21-10-6-14(7-11-21)16-4-1-5-17-20-9-12-22(16)17/h1-5,8-9,12-14H,6-7,10-11H2. The van der Waals surface area contributed by atoms with Gasteiger partial charge in [0.25, 0.3) is 5.91 Å². The van der Waals surface area contributed by atoms with Gasteiger partial charge in [-0.1, -0.05) is 6.07 Å². The van der Waals surface area contributed by atoms with E-state index < -0.39 is 0 Å². The van der Waals surface area contributed by atoms with Gasteiger partial charge in [0, 0.05) is 49.5 Å². The average Bonchev–Trinajstić information content (AvgIpc) is 3.11. The number of likely N-dealkylation sites (tertiary alicyclic amines) is 1. The van der Waals surface area contributed by atoms with Crippen LogP contribution in [0.3, 0.4) is 0 Å². The van der Waals surface area contributed by atoms with Gasteiger partial charge >= 0.3 is 0 Å². The molecule has 4 heterocycles. The van der Waals surface area contributed by atoms with Gasteiger partial charge in [0.2, 0.25) is 0 Å². The predicted octanol–water partition coefficient (Wildman–Crippen LogP) is 2.75. The van der Waals surface area contributed by atoms with Crippen LogP contribution in [0.4, 0.5) is 0 Å². The second kappa shape index (κ2) is 5.83. The van der Waals surface area contributed by atoms with Crippen molar-refractivity contribution in [1.82, 2.24) is 19.3 Å². The lowest BCUT2D eigenvalue weighted by Crippen LogP contribution is -2.38. The number of fused-ring (bicyclic) bond motifs is 1. The fourth-order valence-corrected chi connectivity index (χ4v) is 3.35. The van der Waals surface area contributed by atoms with E-state index in [4.69, 9.17) is 0 Å². The maximum atomic E-state index is 12.5. The van der Waals surface area contributed by atoms with Gasteiger partial charge in [0.05, 0.1) is 5.56 Å². The predicted molar refractivity (Wildman–Crippen MR) is 87.3 cm³/mol. The van der Waals surface area contributed by atoms with Crippen LogP contribution < -0.4 is 0 Å². The maximum Gasteiger partial charge on any atom is 0.255 e. The zero-order valence-electron chi connectivity index (χ0n) is 12.8. The van der Waals surface area contributed by atoms with Gasteiger partial charge in [-0.2, -0.15) is 0 Å². The summed E-state index contributed by atoms with van der Waals surface area (Å²) in [7, 11) is 0. The molecule has 1 aliphatic heterocycles. The molecule has 4 rings (SSSR count). The summed E-state index contributed by atoms with van der Waals surface area (Å²) in [4.78, 5) is 22.8. The highest BCUT2D eigenvalue weighted by atomic mass is 16.2. The van der Waals surface area contributed by atoms with Crippen molar-refractivity contribution in [3.05, 3.63) is 66.4 Å². The number of amides is 1. The normalized spacial score (nSPS) is 15.9. The van der Waals surface area contributed by atoms with E-state index in [0.717, 1.165) is 31.6 Å². The molecule has 3 aromatic rings. The highest BCUT2D eigenvalue weighted by Gasteiger charge is 2.25. The lowest BCUT2D eigenvalue weighted by Gasteiger charge is -2.32. The number of piperidine rings is 1. The largest absolute Gasteiger partial charge is 0.339 e. The van der Waals surface area contributed by atoms with E-state index in [-0.39, 0.29) is 5.91 Å². The second-order valence-corrected chi connectivity index (χ2v) is 5.91. The minimum absolute atomic E-state index is 0.0809. The number of hydrogen-bond donors (Lipinski definition) is 0. The van der Waals surface area contributed by atoms with Gasteiger partial charge in [-0.15, -0.1) is 0 Å². The molecule has 0 N–H and O–H groups in total. The molecule has 0 aliphatic carbocycles. The molecule has 23 heavy (non-hydrogen) atoms. The summed E-state index contributed by atoms with van der Waals surface area (Å²) in [5.41, 5.74) is 2.94. The molecule has 0 bridgehead atoms. The fourth-order valence-electron chi connectivity index (χ4n) is 3.35. The van der Waals surface area contributed by atoms with E-state index in [2.05, 4.69) is 26.5 Å². The molecular formula is C18H18N4O. The molecule has 0 saturated carbocycles. The van der Waals surface area contributed by atoms with Crippen molar-refractivity contribution in [3.8, 4) is 0 Å². The summed E-state index contributed by atoms with van der Waals surface area (Å²) >= 11 is 0. The molecule has 1 saturated heterocycles. The van der Waals surface area contributed by atoms with Gasteiger partial charge in [-0.25, -0.2) is 4.98 Å². The Morgan fingerprint density at radius 1 is 1.09 bits per heavy atom. The first-order chi connectivity index (χ1) is 11.3. The number of pyridine rings is 2. The number of carbonyl (C=O) groups excluding carboxylic acids is 1. The summed E-state index contributed by atoms with van der Waals surface area (Å²) in [6, 6.07) is 9.88. The average molecular weight is 306 g/mol. The number of rotatable bonds is 2. The van der Waals surface area contributed by atoms with E-state index in [1.54, 1.807) is 18.5 Å². The molecular weight excluding hydrogens is 288 g/mol. The van der Waals surface area contributed by atoms with Crippen LogP contribution >= 0.6 is 0 Å².